The van der Waals surface area contributed by atoms with Crippen molar-refractivity contribution < 1.29 is 21.9 Å². The van der Waals surface area contributed by atoms with Crippen LogP contribution in [0, 0.1) is 0 Å². The van der Waals surface area contributed by atoms with Crippen LogP contribution in [0.5, 0.6) is 0 Å². The molecule has 0 amide bonds. The molecule has 4 heterocycles. The molecule has 0 saturated heterocycles. The largest absolute Gasteiger partial charge is 0.310 e. The molecule has 15 aromatic carbocycles. The van der Waals surface area contributed by atoms with E-state index >= 15 is 0 Å². The van der Waals surface area contributed by atoms with Gasteiger partial charge in [-0.25, -0.2) is 0 Å². The molecule has 2 aliphatic heterocycles. The lowest BCUT2D eigenvalue weighted by molar-refractivity contribution is 0.590. The smallest absolute Gasteiger partial charge is 0.252 e. The van der Waals surface area contributed by atoms with Crippen LogP contribution in [0.1, 0.15) is 48.3 Å². The Bertz CT molecular complexity index is 6770. The third kappa shape index (κ3) is 8.49. The van der Waals surface area contributed by atoms with Crippen molar-refractivity contribution in [3.05, 3.63) is 333 Å². The normalized spacial score (nSPS) is 15.1. The van der Waals surface area contributed by atoms with Crippen LogP contribution in [0.25, 0.3) is 121 Å². The number of nitrogens with zero attached hydrogens (tertiary/aromatic N) is 4. The summed E-state index contributed by atoms with van der Waals surface area (Å²) in [5, 5.41) is 3.95. The second kappa shape index (κ2) is 21.3. The van der Waals surface area contributed by atoms with Crippen molar-refractivity contribution in [3.8, 4) is 55.9 Å². The van der Waals surface area contributed by atoms with Gasteiger partial charge in [0, 0.05) is 77.9 Å². The first-order valence-electron chi connectivity index (χ1n) is 39.9. The Morgan fingerprint density at radius 2 is 0.684 bits per heavy atom. The first-order valence-corrected chi connectivity index (χ1v) is 31.9. The molecule has 446 valence electrons. The fourth-order valence-corrected chi connectivity index (χ4v) is 15.0. The third-order valence-electron chi connectivity index (χ3n) is 19.3. The first kappa shape index (κ1) is 40.8. The number of rotatable bonds is 8. The summed E-state index contributed by atoms with van der Waals surface area (Å²) >= 11 is 0. The number of hydrogen-bond donors (Lipinski definition) is 0. The SMILES string of the molecule is [2H]c1c([2H])c([2H])c2c(c1[2H])c1c([2H])c([2H])c([2H])c([2H])c1n2-c1ccc2c(c1)N(c1c(-c3ccccc3)cccc1-c1ccccc1)c1cc(C(C)(C)C)cc3c1B2c1ccc(-n2c4c([2H])c([2H])c([2H])c([2H])c4c4c([2H])c([2H])c([2H])c([2H])c42)cc1N3c1c(-c2ccccc2)cccc1-c1ccc2ccc3ccccc3c2c1. The van der Waals surface area contributed by atoms with Crippen molar-refractivity contribution in [3.63, 3.8) is 0 Å². The van der Waals surface area contributed by atoms with Gasteiger partial charge in [-0.3, -0.25) is 0 Å². The molecule has 0 unspecified atom stereocenters. The van der Waals surface area contributed by atoms with Crippen LogP contribution in [0.4, 0.5) is 34.1 Å². The molecule has 2 aromatic heterocycles. The zero-order valence-electron chi connectivity index (χ0n) is 67.8. The number of benzene rings is 15. The summed E-state index contributed by atoms with van der Waals surface area (Å²) in [5.74, 6) is 0. The highest BCUT2D eigenvalue weighted by molar-refractivity contribution is 7.00. The van der Waals surface area contributed by atoms with Crippen molar-refractivity contribution in [1.82, 2.24) is 9.13 Å². The lowest BCUT2D eigenvalue weighted by Gasteiger charge is -2.46. The van der Waals surface area contributed by atoms with Crippen LogP contribution in [0.2, 0.25) is 0 Å². The van der Waals surface area contributed by atoms with Crippen molar-refractivity contribution >= 4 is 122 Å². The summed E-state index contributed by atoms with van der Waals surface area (Å²) in [6.45, 7) is 5.77. The lowest BCUT2D eigenvalue weighted by atomic mass is 9.33. The average molecular weight is 1230 g/mol. The molecular weight excluding hydrogens is 1150 g/mol. The van der Waals surface area contributed by atoms with E-state index in [4.69, 9.17) is 5.48 Å². The second-order valence-electron chi connectivity index (χ2n) is 25.6. The zero-order valence-corrected chi connectivity index (χ0v) is 51.8. The Labute approximate surface area is 575 Å². The first-order chi connectivity index (χ1) is 53.4. The van der Waals surface area contributed by atoms with E-state index in [1.54, 1.807) is 9.13 Å². The Morgan fingerprint density at radius 1 is 0.305 bits per heavy atom. The van der Waals surface area contributed by atoms with Crippen molar-refractivity contribution in [2.45, 2.75) is 26.2 Å². The molecule has 95 heavy (non-hydrogen) atoms. The molecule has 17 aromatic rings. The van der Waals surface area contributed by atoms with E-state index in [0.717, 1.165) is 111 Å². The van der Waals surface area contributed by atoms with Gasteiger partial charge in [0.15, 0.2) is 0 Å². The quantitative estimate of drug-likeness (QED) is 0.111. The van der Waals surface area contributed by atoms with Gasteiger partial charge >= 0.3 is 0 Å². The molecule has 0 fully saturated rings. The zero-order chi connectivity index (χ0) is 77.0. The van der Waals surface area contributed by atoms with Gasteiger partial charge in [0.2, 0.25) is 0 Å². The van der Waals surface area contributed by atoms with Crippen molar-refractivity contribution in [1.29, 1.82) is 0 Å². The Balaban J connectivity index is 1.02. The van der Waals surface area contributed by atoms with E-state index in [1.165, 1.54) is 0 Å². The van der Waals surface area contributed by atoms with Crippen LogP contribution >= 0.6 is 0 Å². The van der Waals surface area contributed by atoms with E-state index in [-0.39, 0.29) is 43.6 Å². The Morgan fingerprint density at radius 3 is 1.12 bits per heavy atom. The summed E-state index contributed by atoms with van der Waals surface area (Å²) in [6.07, 6.45) is 0. The molecule has 0 bridgehead atoms. The van der Waals surface area contributed by atoms with Crippen LogP contribution in [-0.4, -0.2) is 15.8 Å². The monoisotopic (exact) mass is 1230 g/mol. The van der Waals surface area contributed by atoms with E-state index in [2.05, 4.69) is 164 Å². The Hall–Kier alpha value is -11.9. The van der Waals surface area contributed by atoms with Crippen LogP contribution in [0.3, 0.4) is 0 Å². The summed E-state index contributed by atoms with van der Waals surface area (Å²) in [4.78, 5) is 4.63. The van der Waals surface area contributed by atoms with Gasteiger partial charge in [0.05, 0.1) is 55.4 Å². The van der Waals surface area contributed by atoms with Crippen LogP contribution in [0.15, 0.2) is 327 Å². The van der Waals surface area contributed by atoms with Crippen molar-refractivity contribution in [2.24, 2.45) is 0 Å². The molecular formula is C90H63BN4. The molecule has 0 saturated carbocycles. The Kier molecular flexibility index (Phi) is 9.17. The van der Waals surface area contributed by atoms with Crippen LogP contribution < -0.4 is 26.2 Å². The molecule has 0 N–H and O–H groups in total. The number of para-hydroxylation sites is 6. The number of fused-ring (bicyclic) bond motifs is 13. The summed E-state index contributed by atoms with van der Waals surface area (Å²) in [6, 6.07) is 70.4. The fourth-order valence-electron chi connectivity index (χ4n) is 15.0. The molecule has 4 nitrogen and oxygen atoms in total. The number of aromatic nitrogens is 2. The van der Waals surface area contributed by atoms with Gasteiger partial charge in [-0.05, 0) is 138 Å². The van der Waals surface area contributed by atoms with Gasteiger partial charge < -0.3 is 18.9 Å². The minimum Gasteiger partial charge on any atom is -0.310 e. The molecule has 2 aliphatic rings. The van der Waals surface area contributed by atoms with E-state index < -0.39 is 109 Å². The molecule has 0 atom stereocenters. The second-order valence-corrected chi connectivity index (χ2v) is 25.6. The number of anilines is 6. The maximum absolute atomic E-state index is 9.82. The third-order valence-corrected chi connectivity index (χ3v) is 19.3. The maximum Gasteiger partial charge on any atom is 0.252 e. The summed E-state index contributed by atoms with van der Waals surface area (Å²) < 4.78 is 154. The van der Waals surface area contributed by atoms with Crippen molar-refractivity contribution in [2.75, 3.05) is 9.80 Å². The fraction of sp³-hybridized carbons (Fsp3) is 0.0444. The minimum absolute atomic E-state index is 0.0453. The average Bonchev–Trinajstić information content (AvgIpc) is 1.36. The van der Waals surface area contributed by atoms with E-state index in [0.29, 0.717) is 22.7 Å². The minimum atomic E-state index is -0.742. The van der Waals surface area contributed by atoms with Gasteiger partial charge in [0.1, 0.15) is 0 Å². The predicted octanol–water partition coefficient (Wildman–Crippen LogP) is 22.2. The lowest BCUT2D eigenvalue weighted by Crippen LogP contribution is -2.61. The van der Waals surface area contributed by atoms with E-state index in [9.17, 15) is 16.4 Å². The summed E-state index contributed by atoms with van der Waals surface area (Å²) in [7, 11) is 0. The van der Waals surface area contributed by atoms with E-state index in [1.807, 2.05) is 97.1 Å². The van der Waals surface area contributed by atoms with Gasteiger partial charge in [-0.15, -0.1) is 0 Å². The highest BCUT2D eigenvalue weighted by Gasteiger charge is 2.46. The molecule has 0 spiro atoms. The number of hydrogen-bond acceptors (Lipinski definition) is 2. The highest BCUT2D eigenvalue weighted by atomic mass is 15.2. The molecule has 19 rings (SSSR count). The van der Waals surface area contributed by atoms with Crippen LogP contribution in [-0.2, 0) is 5.41 Å². The van der Waals surface area contributed by atoms with Gasteiger partial charge in [-0.2, -0.15) is 0 Å². The van der Waals surface area contributed by atoms with Gasteiger partial charge in [-0.1, -0.05) is 281 Å². The highest BCUT2D eigenvalue weighted by Crippen LogP contribution is 2.54. The predicted molar refractivity (Wildman–Crippen MR) is 405 cm³/mol. The summed E-state index contributed by atoms with van der Waals surface area (Å²) in [5.41, 5.74) is 14.3. The topological polar surface area (TPSA) is 16.3 Å². The molecule has 0 radical (unpaired) electrons. The standard InChI is InChI=1S/C90H63BN4/c1-90(2,3)64-54-85-87-86(55-64)95(89-70(60-29-11-6-12-30-60)39-24-40-71(89)63-48-47-62-46-45-61-31-13-14-32-67(61)76(62)53-63)84-57-66(93-81-43-21-17-35-74(81)75-36-18-22-44-82(75)93)50-52-78(84)91(87)77-51-49-65(92-79-41-19-15-33-72(79)73-34-16-20-42-80(73)92)56-83(77)94(85)88-68(58-25-7-4-8-26-58)37-23-38-69(88)59-27-9-5-10-28-59/h4-57H,1-3H3/i15D,16D,17D,18D,19D,20D,21D,22D,33D,34D,35D,36D,41D,42D,43D,44D. The molecule has 5 heteroatoms. The maximum atomic E-state index is 9.82. The van der Waals surface area contributed by atoms with Gasteiger partial charge in [0.25, 0.3) is 6.71 Å². The molecule has 0 aliphatic carbocycles.